The maximum Gasteiger partial charge on any atom is 0.161 e. The predicted molar refractivity (Wildman–Crippen MR) is 98.8 cm³/mol. The molecule has 4 heterocycles. The maximum atomic E-state index is 5.27. The van der Waals surface area contributed by atoms with E-state index < -0.39 is 0 Å². The lowest BCUT2D eigenvalue weighted by Gasteiger charge is -2.15. The van der Waals surface area contributed by atoms with Crippen LogP contribution in [0.5, 0.6) is 0 Å². The second-order valence-corrected chi connectivity index (χ2v) is 6.46. The van der Waals surface area contributed by atoms with Gasteiger partial charge in [-0.2, -0.15) is 0 Å². The quantitative estimate of drug-likeness (QED) is 0.747. The summed E-state index contributed by atoms with van der Waals surface area (Å²) in [7, 11) is 0. The Kier molecular flexibility index (Phi) is 4.62. The van der Waals surface area contributed by atoms with Crippen molar-refractivity contribution in [3.63, 3.8) is 0 Å². The highest BCUT2D eigenvalue weighted by molar-refractivity contribution is 5.60. The average molecular weight is 350 g/mol. The Labute approximate surface area is 152 Å². The van der Waals surface area contributed by atoms with Gasteiger partial charge in [0.05, 0.1) is 11.4 Å². The molecular formula is C19H22N6O. The van der Waals surface area contributed by atoms with Crippen LogP contribution in [0.1, 0.15) is 28.3 Å². The number of anilines is 1. The number of pyridine rings is 1. The number of nitrogens with one attached hydrogen (secondary N) is 2. The maximum absolute atomic E-state index is 5.27. The number of hydrogen-bond acceptors (Lipinski definition) is 7. The molecule has 7 heteroatoms. The fourth-order valence-electron chi connectivity index (χ4n) is 3.25. The van der Waals surface area contributed by atoms with E-state index in [2.05, 4.69) is 20.8 Å². The van der Waals surface area contributed by atoms with Gasteiger partial charge in [0.25, 0.3) is 0 Å². The summed E-state index contributed by atoms with van der Waals surface area (Å²) in [4.78, 5) is 13.7. The number of nitrogens with zero attached hydrogens (tertiary/aromatic N) is 4. The van der Waals surface area contributed by atoms with Gasteiger partial charge in [0.1, 0.15) is 11.6 Å². The summed E-state index contributed by atoms with van der Waals surface area (Å²) >= 11 is 0. The first-order valence-electron chi connectivity index (χ1n) is 8.89. The molecule has 4 rings (SSSR count). The van der Waals surface area contributed by atoms with Crippen LogP contribution in [0.4, 0.5) is 5.82 Å². The van der Waals surface area contributed by atoms with Crippen molar-refractivity contribution in [3.05, 3.63) is 52.8 Å². The van der Waals surface area contributed by atoms with Gasteiger partial charge >= 0.3 is 0 Å². The van der Waals surface area contributed by atoms with Crippen molar-refractivity contribution in [2.75, 3.05) is 18.4 Å². The molecule has 0 unspecified atom stereocenters. The third-order valence-electron chi connectivity index (χ3n) is 4.74. The zero-order valence-electron chi connectivity index (χ0n) is 15.0. The molecule has 0 saturated carbocycles. The Hall–Kier alpha value is -2.80. The second-order valence-electron chi connectivity index (χ2n) is 6.46. The molecule has 0 spiro atoms. The van der Waals surface area contributed by atoms with E-state index >= 15 is 0 Å². The van der Waals surface area contributed by atoms with Crippen molar-refractivity contribution < 1.29 is 4.52 Å². The molecule has 1 aliphatic rings. The van der Waals surface area contributed by atoms with Crippen LogP contribution in [0.2, 0.25) is 0 Å². The first-order valence-corrected chi connectivity index (χ1v) is 8.89. The van der Waals surface area contributed by atoms with Crippen LogP contribution >= 0.6 is 0 Å². The highest BCUT2D eigenvalue weighted by Gasteiger charge is 2.18. The van der Waals surface area contributed by atoms with Crippen molar-refractivity contribution in [2.24, 2.45) is 0 Å². The topological polar surface area (TPSA) is 88.8 Å². The van der Waals surface area contributed by atoms with E-state index in [1.54, 1.807) is 12.4 Å². The lowest BCUT2D eigenvalue weighted by atomic mass is 10.1. The molecule has 0 bridgehead atoms. The molecule has 0 aliphatic carbocycles. The number of hydrogen-bond donors (Lipinski definition) is 2. The monoisotopic (exact) mass is 350 g/mol. The minimum Gasteiger partial charge on any atom is -0.365 e. The van der Waals surface area contributed by atoms with Gasteiger partial charge in [-0.3, -0.25) is 4.98 Å². The first kappa shape index (κ1) is 16.7. The SMILES string of the molecule is Cc1noc(C)c1CNc1nc(-c2ccncc2)nc2c1CCNCC2. The number of rotatable bonds is 4. The third kappa shape index (κ3) is 3.30. The van der Waals surface area contributed by atoms with Crippen LogP contribution in [-0.4, -0.2) is 33.2 Å². The molecule has 0 radical (unpaired) electrons. The van der Waals surface area contributed by atoms with Gasteiger partial charge < -0.3 is 15.2 Å². The summed E-state index contributed by atoms with van der Waals surface area (Å²) in [6.07, 6.45) is 5.34. The van der Waals surface area contributed by atoms with Crippen LogP contribution in [-0.2, 0) is 19.4 Å². The summed E-state index contributed by atoms with van der Waals surface area (Å²) in [5, 5.41) is 11.0. The van der Waals surface area contributed by atoms with Crippen molar-refractivity contribution in [1.82, 2.24) is 25.4 Å². The fourth-order valence-corrected chi connectivity index (χ4v) is 3.25. The smallest absolute Gasteiger partial charge is 0.161 e. The van der Waals surface area contributed by atoms with Crippen molar-refractivity contribution >= 4 is 5.82 Å². The van der Waals surface area contributed by atoms with E-state index in [4.69, 9.17) is 14.5 Å². The number of fused-ring (bicyclic) bond motifs is 1. The molecular weight excluding hydrogens is 328 g/mol. The van der Waals surface area contributed by atoms with Gasteiger partial charge in [-0.25, -0.2) is 9.97 Å². The largest absolute Gasteiger partial charge is 0.365 e. The Bertz CT molecular complexity index is 886. The second kappa shape index (κ2) is 7.21. The van der Waals surface area contributed by atoms with Crippen molar-refractivity contribution in [1.29, 1.82) is 0 Å². The summed E-state index contributed by atoms with van der Waals surface area (Å²) < 4.78 is 5.27. The van der Waals surface area contributed by atoms with E-state index in [1.165, 1.54) is 5.56 Å². The third-order valence-corrected chi connectivity index (χ3v) is 4.74. The summed E-state index contributed by atoms with van der Waals surface area (Å²) in [5.41, 5.74) is 5.26. The van der Waals surface area contributed by atoms with Gasteiger partial charge in [-0.1, -0.05) is 5.16 Å². The van der Waals surface area contributed by atoms with Crippen LogP contribution in [0, 0.1) is 13.8 Å². The minimum atomic E-state index is 0.633. The highest BCUT2D eigenvalue weighted by atomic mass is 16.5. The first-order chi connectivity index (χ1) is 12.7. The molecule has 2 N–H and O–H groups in total. The average Bonchev–Trinajstić information content (AvgIpc) is 2.86. The van der Waals surface area contributed by atoms with Crippen LogP contribution in [0.25, 0.3) is 11.4 Å². The lowest BCUT2D eigenvalue weighted by Crippen LogP contribution is -2.16. The van der Waals surface area contributed by atoms with E-state index in [-0.39, 0.29) is 0 Å². The normalized spacial score (nSPS) is 13.9. The Morgan fingerprint density at radius 2 is 1.92 bits per heavy atom. The van der Waals surface area contributed by atoms with Gasteiger partial charge in [0.15, 0.2) is 5.82 Å². The number of aryl methyl sites for hydroxylation is 2. The standard InChI is InChI=1S/C19H22N6O/c1-12-16(13(2)26-25-12)11-22-19-15-5-9-21-10-6-17(15)23-18(24-19)14-3-7-20-8-4-14/h3-4,7-8,21H,5-6,9-11H2,1-2H3,(H,22,23,24). The summed E-state index contributed by atoms with van der Waals surface area (Å²) in [6, 6.07) is 3.88. The fraction of sp³-hybridized carbons (Fsp3) is 0.368. The molecule has 0 amide bonds. The van der Waals surface area contributed by atoms with Crippen molar-refractivity contribution in [3.8, 4) is 11.4 Å². The van der Waals surface area contributed by atoms with Crippen molar-refractivity contribution in [2.45, 2.75) is 33.2 Å². The van der Waals surface area contributed by atoms with E-state index in [0.717, 1.165) is 65.8 Å². The zero-order chi connectivity index (χ0) is 17.9. The molecule has 26 heavy (non-hydrogen) atoms. The molecule has 7 nitrogen and oxygen atoms in total. The van der Waals surface area contributed by atoms with Gasteiger partial charge in [-0.15, -0.1) is 0 Å². The molecule has 3 aromatic heterocycles. The lowest BCUT2D eigenvalue weighted by molar-refractivity contribution is 0.392. The van der Waals surface area contributed by atoms with Gasteiger partial charge in [0.2, 0.25) is 0 Å². The van der Waals surface area contributed by atoms with E-state index in [0.29, 0.717) is 6.54 Å². The Morgan fingerprint density at radius 1 is 1.12 bits per heavy atom. The Morgan fingerprint density at radius 3 is 2.69 bits per heavy atom. The van der Waals surface area contributed by atoms with Crippen LogP contribution in [0.3, 0.4) is 0 Å². The van der Waals surface area contributed by atoms with E-state index in [1.807, 2.05) is 26.0 Å². The molecule has 1 aliphatic heterocycles. The molecule has 0 saturated heterocycles. The summed E-state index contributed by atoms with van der Waals surface area (Å²) in [6.45, 7) is 6.39. The van der Waals surface area contributed by atoms with Gasteiger partial charge in [-0.05, 0) is 38.9 Å². The van der Waals surface area contributed by atoms with Crippen LogP contribution in [0.15, 0.2) is 29.0 Å². The van der Waals surface area contributed by atoms with Gasteiger partial charge in [0, 0.05) is 48.6 Å². The van der Waals surface area contributed by atoms with E-state index in [9.17, 15) is 0 Å². The predicted octanol–water partition coefficient (Wildman–Crippen LogP) is 2.44. The summed E-state index contributed by atoms with van der Waals surface area (Å²) in [5.74, 6) is 2.46. The Balaban J connectivity index is 1.71. The molecule has 0 atom stereocenters. The minimum absolute atomic E-state index is 0.633. The number of aromatic nitrogens is 4. The molecule has 0 aromatic carbocycles. The highest BCUT2D eigenvalue weighted by Crippen LogP contribution is 2.25. The molecule has 3 aromatic rings. The molecule has 134 valence electrons. The zero-order valence-corrected chi connectivity index (χ0v) is 15.0. The molecule has 0 fully saturated rings. The van der Waals surface area contributed by atoms with Crippen LogP contribution < -0.4 is 10.6 Å².